The summed E-state index contributed by atoms with van der Waals surface area (Å²) in [5.41, 5.74) is 18.8. The number of rotatable bonds is 10. The molecule has 0 spiro atoms. The lowest BCUT2D eigenvalue weighted by molar-refractivity contribution is 0.672. The van der Waals surface area contributed by atoms with Crippen LogP contribution in [0.5, 0.6) is 0 Å². The first-order chi connectivity index (χ1) is 46.6. The third-order valence-electron chi connectivity index (χ3n) is 17.0. The van der Waals surface area contributed by atoms with Crippen molar-refractivity contribution in [2.75, 3.05) is 0 Å². The Morgan fingerprint density at radius 3 is 1.07 bits per heavy atom. The topological polar surface area (TPSA) is 129 Å². The normalized spacial score (nSPS) is 11.4. The van der Waals surface area contributed by atoms with E-state index in [1.807, 2.05) is 182 Å². The van der Waals surface area contributed by atoms with Crippen molar-refractivity contribution < 1.29 is 8.83 Å². The van der Waals surface area contributed by atoms with E-state index in [9.17, 15) is 0 Å². The first kappa shape index (κ1) is 55.2. The Morgan fingerprint density at radius 1 is 0.191 bits per heavy atom. The molecule has 12 aromatic carbocycles. The molecule has 6 aromatic heterocycles. The van der Waals surface area contributed by atoms with E-state index in [1.54, 1.807) is 0 Å². The Balaban J connectivity index is 0.000000143. The monoisotopic (exact) mass is 1200 g/mol. The van der Waals surface area contributed by atoms with Gasteiger partial charge in [0, 0.05) is 60.7 Å². The van der Waals surface area contributed by atoms with Crippen LogP contribution in [0.2, 0.25) is 0 Å². The van der Waals surface area contributed by atoms with Crippen LogP contribution >= 0.6 is 0 Å². The summed E-state index contributed by atoms with van der Waals surface area (Å²) < 4.78 is 13.2. The number of pyridine rings is 2. The zero-order valence-corrected chi connectivity index (χ0v) is 50.4. The molecule has 18 aromatic rings. The molecule has 0 radical (unpaired) electrons. The van der Waals surface area contributed by atoms with Crippen LogP contribution in [0, 0.1) is 0 Å². The molecule has 440 valence electrons. The minimum atomic E-state index is 0.598. The fourth-order valence-electron chi connectivity index (χ4n) is 12.5. The standard InChI is InChI=1S/2C42H26N4O/c1-4-13-27(14-5-1)30-23-24-35-34(26-30)39-37(33-21-10-11-22-36(33)47-39)38(43-35)31-19-12-20-32(25-31)42-45-40(28-15-6-2-7-16-28)44-41(46-42)29-17-8-3-9-18-29;1-4-13-27(14-5-1)32-20-12-21-34-36(32)39-37(33-19-10-11-22-35(33)47-39)38(43-34)28-23-25-31(26-24-28)42-45-40(29-15-6-2-7-16-29)44-41(46-42)30-17-8-3-9-18-30/h2*1-26H. The molecule has 0 unspecified atom stereocenters. The van der Waals surface area contributed by atoms with Crippen molar-refractivity contribution in [3.05, 3.63) is 315 Å². The molecular weight excluding hydrogens is 1150 g/mol. The second kappa shape index (κ2) is 23.8. The van der Waals surface area contributed by atoms with Crippen molar-refractivity contribution in [1.82, 2.24) is 39.9 Å². The van der Waals surface area contributed by atoms with E-state index in [0.717, 1.165) is 144 Å². The van der Waals surface area contributed by atoms with E-state index in [2.05, 4.69) is 133 Å². The van der Waals surface area contributed by atoms with Gasteiger partial charge < -0.3 is 8.83 Å². The summed E-state index contributed by atoms with van der Waals surface area (Å²) in [5, 5.41) is 6.05. The molecule has 18 rings (SSSR count). The van der Waals surface area contributed by atoms with Crippen molar-refractivity contribution in [2.24, 2.45) is 0 Å². The van der Waals surface area contributed by atoms with Crippen LogP contribution in [-0.4, -0.2) is 39.9 Å². The first-order valence-electron chi connectivity index (χ1n) is 31.1. The van der Waals surface area contributed by atoms with Crippen molar-refractivity contribution in [3.63, 3.8) is 0 Å². The maximum absolute atomic E-state index is 6.63. The van der Waals surface area contributed by atoms with Gasteiger partial charge in [-0.2, -0.15) is 0 Å². The maximum Gasteiger partial charge on any atom is 0.164 e. The molecule has 0 saturated heterocycles. The molecule has 0 aliphatic rings. The van der Waals surface area contributed by atoms with E-state index in [-0.39, 0.29) is 0 Å². The largest absolute Gasteiger partial charge is 0.455 e. The van der Waals surface area contributed by atoms with Gasteiger partial charge in [-0.3, -0.25) is 0 Å². The van der Waals surface area contributed by atoms with Gasteiger partial charge in [0.1, 0.15) is 22.3 Å². The summed E-state index contributed by atoms with van der Waals surface area (Å²) in [7, 11) is 0. The summed E-state index contributed by atoms with van der Waals surface area (Å²) in [4.78, 5) is 40.0. The second-order valence-corrected chi connectivity index (χ2v) is 22.9. The number of aromatic nitrogens is 8. The molecule has 0 aliphatic heterocycles. The van der Waals surface area contributed by atoms with Gasteiger partial charge in [0.2, 0.25) is 0 Å². The summed E-state index contributed by atoms with van der Waals surface area (Å²) in [6.07, 6.45) is 0. The number of hydrogen-bond acceptors (Lipinski definition) is 10. The summed E-state index contributed by atoms with van der Waals surface area (Å²) in [5.74, 6) is 3.73. The van der Waals surface area contributed by atoms with Gasteiger partial charge in [-0.15, -0.1) is 0 Å². The van der Waals surface area contributed by atoms with Gasteiger partial charge in [-0.05, 0) is 58.7 Å². The van der Waals surface area contributed by atoms with Crippen LogP contribution in [-0.2, 0) is 0 Å². The zero-order chi connectivity index (χ0) is 62.3. The average molecular weight is 1210 g/mol. The third-order valence-corrected chi connectivity index (χ3v) is 17.0. The molecule has 0 saturated carbocycles. The molecule has 0 bridgehead atoms. The van der Waals surface area contributed by atoms with Gasteiger partial charge in [0.25, 0.3) is 0 Å². The molecule has 0 amide bonds. The number of furan rings is 2. The number of benzene rings is 12. The Labute approximate surface area is 540 Å². The maximum atomic E-state index is 6.63. The lowest BCUT2D eigenvalue weighted by atomic mass is 9.96. The van der Waals surface area contributed by atoms with Gasteiger partial charge in [-0.25, -0.2) is 39.9 Å². The molecule has 6 heterocycles. The fraction of sp³-hybridized carbons (Fsp3) is 0. The molecule has 10 nitrogen and oxygen atoms in total. The van der Waals surface area contributed by atoms with Gasteiger partial charge in [0.05, 0.1) is 38.6 Å². The van der Waals surface area contributed by atoms with Gasteiger partial charge >= 0.3 is 0 Å². The zero-order valence-electron chi connectivity index (χ0n) is 50.4. The first-order valence-corrected chi connectivity index (χ1v) is 31.1. The average Bonchev–Trinajstić information content (AvgIpc) is 1.40. The molecule has 0 fully saturated rings. The highest BCUT2D eigenvalue weighted by Gasteiger charge is 2.23. The highest BCUT2D eigenvalue weighted by molar-refractivity contribution is 6.22. The number of nitrogens with zero attached hydrogens (tertiary/aromatic N) is 8. The van der Waals surface area contributed by atoms with Crippen molar-refractivity contribution >= 4 is 65.7 Å². The SMILES string of the molecule is c1ccc(-c2ccc3nc(-c4cccc(-c5nc(-c6ccccc6)nc(-c6ccccc6)n5)c4)c4c5ccccc5oc4c3c2)cc1.c1ccc(-c2nc(-c3ccccc3)nc(-c3ccc(-c4nc5cccc(-c6ccccc6)c5c5oc6ccccc6c45)cc3)n2)cc1. The second-order valence-electron chi connectivity index (χ2n) is 22.9. The van der Waals surface area contributed by atoms with E-state index in [0.29, 0.717) is 34.9 Å². The summed E-state index contributed by atoms with van der Waals surface area (Å²) in [6, 6.07) is 107. The Kier molecular flexibility index (Phi) is 14.0. The number of hydrogen-bond donors (Lipinski definition) is 0. The minimum absolute atomic E-state index is 0.598. The van der Waals surface area contributed by atoms with E-state index < -0.39 is 0 Å². The van der Waals surface area contributed by atoms with Crippen LogP contribution in [0.1, 0.15) is 0 Å². The van der Waals surface area contributed by atoms with Gasteiger partial charge in [0.15, 0.2) is 34.9 Å². The van der Waals surface area contributed by atoms with Crippen molar-refractivity contribution in [1.29, 1.82) is 0 Å². The molecule has 0 aliphatic carbocycles. The molecule has 0 N–H and O–H groups in total. The minimum Gasteiger partial charge on any atom is -0.455 e. The molecule has 0 atom stereocenters. The highest BCUT2D eigenvalue weighted by atomic mass is 16.3. The smallest absolute Gasteiger partial charge is 0.164 e. The van der Waals surface area contributed by atoms with Crippen LogP contribution < -0.4 is 0 Å². The predicted molar refractivity (Wildman–Crippen MR) is 379 cm³/mol. The van der Waals surface area contributed by atoms with E-state index >= 15 is 0 Å². The molecule has 10 heteroatoms. The Morgan fingerprint density at radius 2 is 0.553 bits per heavy atom. The third kappa shape index (κ3) is 10.3. The highest BCUT2D eigenvalue weighted by Crippen LogP contribution is 2.45. The fourth-order valence-corrected chi connectivity index (χ4v) is 12.5. The van der Waals surface area contributed by atoms with Crippen LogP contribution in [0.4, 0.5) is 0 Å². The summed E-state index contributed by atoms with van der Waals surface area (Å²) in [6.45, 7) is 0. The number of fused-ring (bicyclic) bond motifs is 10. The van der Waals surface area contributed by atoms with Crippen LogP contribution in [0.15, 0.2) is 324 Å². The van der Waals surface area contributed by atoms with Crippen LogP contribution in [0.3, 0.4) is 0 Å². The van der Waals surface area contributed by atoms with Gasteiger partial charge in [-0.1, -0.05) is 279 Å². The summed E-state index contributed by atoms with van der Waals surface area (Å²) >= 11 is 0. The molecule has 94 heavy (non-hydrogen) atoms. The van der Waals surface area contributed by atoms with E-state index in [1.165, 1.54) is 0 Å². The Bertz CT molecular complexity index is 5720. The Hall–Kier alpha value is -12.9. The van der Waals surface area contributed by atoms with Crippen molar-refractivity contribution in [3.8, 4) is 113 Å². The number of para-hydroxylation sites is 2. The predicted octanol–water partition coefficient (Wildman–Crippen LogP) is 21.3. The van der Waals surface area contributed by atoms with E-state index in [4.69, 9.17) is 48.7 Å². The quantitative estimate of drug-likeness (QED) is 0.130. The van der Waals surface area contributed by atoms with Crippen LogP contribution in [0.25, 0.3) is 179 Å². The lowest BCUT2D eigenvalue weighted by Crippen LogP contribution is -2.00. The molecular formula is C84H52N8O2. The van der Waals surface area contributed by atoms with Crippen molar-refractivity contribution in [2.45, 2.75) is 0 Å². The lowest BCUT2D eigenvalue weighted by Gasteiger charge is -2.11.